The van der Waals surface area contributed by atoms with Gasteiger partial charge in [-0.15, -0.1) is 0 Å². The summed E-state index contributed by atoms with van der Waals surface area (Å²) in [5.74, 6) is -0.709. The fraction of sp³-hybridized carbons (Fsp3) is 0.0952. The first-order chi connectivity index (χ1) is 12.9. The van der Waals surface area contributed by atoms with Crippen molar-refractivity contribution < 1.29 is 14.4 Å². The van der Waals surface area contributed by atoms with E-state index in [2.05, 4.69) is 15.9 Å². The summed E-state index contributed by atoms with van der Waals surface area (Å²) in [7, 11) is 0. The maximum atomic E-state index is 12.6. The van der Waals surface area contributed by atoms with Gasteiger partial charge in [0.05, 0.1) is 11.4 Å². The van der Waals surface area contributed by atoms with Crippen LogP contribution in [0.5, 0.6) is 0 Å². The maximum absolute atomic E-state index is 12.6. The van der Waals surface area contributed by atoms with E-state index in [0.717, 1.165) is 32.3 Å². The van der Waals surface area contributed by atoms with Crippen LogP contribution in [-0.2, 0) is 4.79 Å². The van der Waals surface area contributed by atoms with Crippen molar-refractivity contribution in [2.45, 2.75) is 6.92 Å². The zero-order valence-corrected chi connectivity index (χ0v) is 16.9. The Hall–Kier alpha value is -2.44. The van der Waals surface area contributed by atoms with Gasteiger partial charge in [0.2, 0.25) is 0 Å². The van der Waals surface area contributed by atoms with Crippen LogP contribution in [0.2, 0.25) is 0 Å². The van der Waals surface area contributed by atoms with Gasteiger partial charge in [0.25, 0.3) is 11.1 Å². The van der Waals surface area contributed by atoms with E-state index in [1.54, 1.807) is 30.3 Å². The minimum absolute atomic E-state index is 0.259. The fourth-order valence-electron chi connectivity index (χ4n) is 2.57. The van der Waals surface area contributed by atoms with Crippen molar-refractivity contribution in [2.24, 2.45) is 0 Å². The van der Waals surface area contributed by atoms with E-state index in [4.69, 9.17) is 0 Å². The minimum atomic E-state index is -0.434. The first kappa shape index (κ1) is 19.3. The third-order valence-electron chi connectivity index (χ3n) is 3.89. The number of hydrogen-bond donors (Lipinski definition) is 0. The zero-order valence-electron chi connectivity index (χ0n) is 14.5. The van der Waals surface area contributed by atoms with Crippen LogP contribution in [0.15, 0.2) is 75.6 Å². The summed E-state index contributed by atoms with van der Waals surface area (Å²) in [5, 5.41) is -0.427. The number of halogens is 1. The van der Waals surface area contributed by atoms with Gasteiger partial charge in [-0.2, -0.15) is 0 Å². The number of benzene rings is 2. The Morgan fingerprint density at radius 2 is 1.74 bits per heavy atom. The molecule has 1 saturated heterocycles. The Bertz CT molecular complexity index is 949. The predicted octanol–water partition coefficient (Wildman–Crippen LogP) is 5.31. The molecule has 0 radical (unpaired) electrons. The number of nitrogens with zero attached hydrogens (tertiary/aromatic N) is 1. The number of imide groups is 1. The SMILES string of the molecule is CC(=C\c1ccccc1)/C=C1/SC(=O)N(CC(=O)c2ccc(Br)cc2)C1=O. The summed E-state index contributed by atoms with van der Waals surface area (Å²) in [4.78, 5) is 38.5. The second-order valence-corrected chi connectivity index (χ2v) is 7.91. The summed E-state index contributed by atoms with van der Waals surface area (Å²) >= 11 is 4.17. The Morgan fingerprint density at radius 3 is 2.41 bits per heavy atom. The van der Waals surface area contributed by atoms with Crippen molar-refractivity contribution in [2.75, 3.05) is 6.54 Å². The van der Waals surface area contributed by atoms with E-state index in [0.29, 0.717) is 10.5 Å². The van der Waals surface area contributed by atoms with Gasteiger partial charge in [-0.3, -0.25) is 19.3 Å². The molecular weight excluding hydrogens is 426 g/mol. The summed E-state index contributed by atoms with van der Waals surface area (Å²) in [5.41, 5.74) is 2.32. The topological polar surface area (TPSA) is 54.5 Å². The summed E-state index contributed by atoms with van der Waals surface area (Å²) in [6, 6.07) is 16.5. The third-order valence-corrected chi connectivity index (χ3v) is 5.33. The molecule has 0 spiro atoms. The molecule has 0 unspecified atom stereocenters. The van der Waals surface area contributed by atoms with Gasteiger partial charge in [-0.1, -0.05) is 64.5 Å². The van der Waals surface area contributed by atoms with Gasteiger partial charge in [0.1, 0.15) is 0 Å². The van der Waals surface area contributed by atoms with Gasteiger partial charge in [-0.05, 0) is 48.0 Å². The van der Waals surface area contributed by atoms with Crippen LogP contribution in [-0.4, -0.2) is 28.4 Å². The molecule has 2 aromatic rings. The second kappa shape index (κ2) is 8.50. The van der Waals surface area contributed by atoms with E-state index in [9.17, 15) is 14.4 Å². The van der Waals surface area contributed by atoms with Gasteiger partial charge in [-0.25, -0.2) is 0 Å². The van der Waals surface area contributed by atoms with Crippen molar-refractivity contribution in [1.29, 1.82) is 0 Å². The average molecular weight is 442 g/mol. The number of carbonyl (C=O) groups is 3. The highest BCUT2D eigenvalue weighted by atomic mass is 79.9. The smallest absolute Gasteiger partial charge is 0.292 e. The highest BCUT2D eigenvalue weighted by Crippen LogP contribution is 2.32. The highest BCUT2D eigenvalue weighted by molar-refractivity contribution is 9.10. The van der Waals surface area contributed by atoms with Crippen molar-refractivity contribution in [1.82, 2.24) is 4.90 Å². The molecule has 1 aliphatic rings. The average Bonchev–Trinajstić information content (AvgIpc) is 2.90. The van der Waals surface area contributed by atoms with Gasteiger partial charge >= 0.3 is 0 Å². The number of carbonyl (C=O) groups excluding carboxylic acids is 3. The van der Waals surface area contributed by atoms with Crippen molar-refractivity contribution in [3.05, 3.63) is 86.8 Å². The lowest BCUT2D eigenvalue weighted by Crippen LogP contribution is -2.33. The third kappa shape index (κ3) is 4.84. The lowest BCUT2D eigenvalue weighted by atomic mass is 10.1. The Morgan fingerprint density at radius 1 is 1.07 bits per heavy atom. The van der Waals surface area contributed by atoms with Crippen LogP contribution in [0, 0.1) is 0 Å². The number of hydrogen-bond acceptors (Lipinski definition) is 4. The fourth-order valence-corrected chi connectivity index (χ4v) is 3.72. The molecule has 0 bridgehead atoms. The Labute approximate surface area is 170 Å². The van der Waals surface area contributed by atoms with E-state index >= 15 is 0 Å². The van der Waals surface area contributed by atoms with E-state index in [-0.39, 0.29) is 12.3 Å². The van der Waals surface area contributed by atoms with Crippen LogP contribution in [0.3, 0.4) is 0 Å². The summed E-state index contributed by atoms with van der Waals surface area (Å²) in [6.45, 7) is 1.61. The normalized spacial score (nSPS) is 16.3. The van der Waals surface area contributed by atoms with Crippen molar-refractivity contribution in [3.63, 3.8) is 0 Å². The quantitative estimate of drug-likeness (QED) is 0.465. The molecule has 4 nitrogen and oxygen atoms in total. The first-order valence-electron chi connectivity index (χ1n) is 8.21. The van der Waals surface area contributed by atoms with Crippen molar-refractivity contribution in [3.8, 4) is 0 Å². The highest BCUT2D eigenvalue weighted by Gasteiger charge is 2.36. The largest absolute Gasteiger partial charge is 0.293 e. The molecule has 136 valence electrons. The summed E-state index contributed by atoms with van der Waals surface area (Å²) in [6.07, 6.45) is 3.61. The van der Waals surface area contributed by atoms with E-state index in [1.165, 1.54) is 0 Å². The molecule has 1 fully saturated rings. The van der Waals surface area contributed by atoms with Crippen LogP contribution in [0.1, 0.15) is 22.8 Å². The summed E-state index contributed by atoms with van der Waals surface area (Å²) < 4.78 is 0.855. The molecule has 27 heavy (non-hydrogen) atoms. The predicted molar refractivity (Wildman–Crippen MR) is 111 cm³/mol. The van der Waals surface area contributed by atoms with Crippen LogP contribution in [0.4, 0.5) is 4.79 Å². The number of amides is 2. The molecule has 2 amide bonds. The molecule has 0 N–H and O–H groups in total. The van der Waals surface area contributed by atoms with E-state index < -0.39 is 11.1 Å². The molecule has 2 aromatic carbocycles. The number of ketones is 1. The van der Waals surface area contributed by atoms with Crippen LogP contribution >= 0.6 is 27.7 Å². The van der Waals surface area contributed by atoms with Crippen LogP contribution in [0.25, 0.3) is 6.08 Å². The number of Topliss-reactive ketones (excluding diaryl/α,β-unsaturated/α-hetero) is 1. The van der Waals surface area contributed by atoms with Crippen molar-refractivity contribution >= 4 is 50.7 Å². The molecule has 0 aliphatic carbocycles. The molecule has 0 saturated carbocycles. The molecule has 1 heterocycles. The van der Waals surface area contributed by atoms with Gasteiger partial charge < -0.3 is 0 Å². The van der Waals surface area contributed by atoms with E-state index in [1.807, 2.05) is 43.3 Å². The molecule has 6 heteroatoms. The monoisotopic (exact) mass is 441 g/mol. The molecule has 1 aliphatic heterocycles. The zero-order chi connectivity index (χ0) is 19.4. The molecule has 0 atom stereocenters. The Kier molecular flexibility index (Phi) is 6.08. The Balaban J connectivity index is 1.73. The molecule has 0 aromatic heterocycles. The standard InChI is InChI=1S/C21H16BrNO3S/c1-14(11-15-5-3-2-4-6-15)12-19-20(25)23(21(26)27-19)13-18(24)16-7-9-17(22)10-8-16/h2-12H,13H2,1H3/b14-11+,19-12+. The molecular formula is C21H16BrNO3S. The maximum Gasteiger partial charge on any atom is 0.293 e. The number of allylic oxidation sites excluding steroid dienone is 2. The minimum Gasteiger partial charge on any atom is -0.292 e. The first-order valence-corrected chi connectivity index (χ1v) is 9.82. The van der Waals surface area contributed by atoms with Gasteiger partial charge in [0, 0.05) is 10.0 Å². The second-order valence-electron chi connectivity index (χ2n) is 6.00. The number of thioether (sulfide) groups is 1. The van der Waals surface area contributed by atoms with Crippen LogP contribution < -0.4 is 0 Å². The molecule has 3 rings (SSSR count). The number of rotatable bonds is 5. The van der Waals surface area contributed by atoms with Gasteiger partial charge in [0.15, 0.2) is 5.78 Å². The lowest BCUT2D eigenvalue weighted by Gasteiger charge is -2.11. The lowest BCUT2D eigenvalue weighted by molar-refractivity contribution is -0.122.